The Morgan fingerprint density at radius 1 is 0.867 bits per heavy atom. The van der Waals surface area contributed by atoms with Gasteiger partial charge in [-0.1, -0.05) is 18.2 Å². The van der Waals surface area contributed by atoms with E-state index >= 15 is 0 Å². The summed E-state index contributed by atoms with van der Waals surface area (Å²) in [5.41, 5.74) is 4.03. The van der Waals surface area contributed by atoms with Gasteiger partial charge < -0.3 is 15.4 Å². The molecule has 0 saturated heterocycles. The van der Waals surface area contributed by atoms with Crippen molar-refractivity contribution in [3.63, 3.8) is 0 Å². The summed E-state index contributed by atoms with van der Waals surface area (Å²) in [6, 6.07) is 22.3. The fourth-order valence-corrected chi connectivity index (χ4v) is 2.96. The van der Waals surface area contributed by atoms with E-state index in [-0.39, 0.29) is 5.91 Å². The molecule has 2 aromatic carbocycles. The van der Waals surface area contributed by atoms with Crippen molar-refractivity contribution in [1.82, 2.24) is 9.97 Å². The van der Waals surface area contributed by atoms with Gasteiger partial charge in [-0.2, -0.15) is 0 Å². The Kier molecular flexibility index (Phi) is 5.66. The Labute approximate surface area is 174 Å². The lowest BCUT2D eigenvalue weighted by Gasteiger charge is -2.10. The Bertz CT molecular complexity index is 1150. The van der Waals surface area contributed by atoms with Crippen molar-refractivity contribution < 1.29 is 9.53 Å². The zero-order chi connectivity index (χ0) is 20.8. The standard InChI is InChI=1S/C24H20N4O2/c1-30-22-9-2-5-17(13-22)24(29)28-21-8-3-7-20(14-21)27-23-11-10-19(16-26-23)18-6-4-12-25-15-18/h2-16H,1H3,(H,26,27)(H,28,29). The average Bonchev–Trinajstić information content (AvgIpc) is 2.80. The summed E-state index contributed by atoms with van der Waals surface area (Å²) in [5, 5.41) is 6.16. The molecule has 0 spiro atoms. The summed E-state index contributed by atoms with van der Waals surface area (Å²) in [4.78, 5) is 21.1. The third kappa shape index (κ3) is 4.62. The molecule has 0 saturated carbocycles. The number of carbonyl (C=O) groups is 1. The largest absolute Gasteiger partial charge is 0.497 e. The fraction of sp³-hybridized carbons (Fsp3) is 0.0417. The second-order valence-corrected chi connectivity index (χ2v) is 6.57. The quantitative estimate of drug-likeness (QED) is 0.471. The van der Waals surface area contributed by atoms with Crippen LogP contribution in [0.15, 0.2) is 91.4 Å². The van der Waals surface area contributed by atoms with Gasteiger partial charge in [-0.3, -0.25) is 9.78 Å². The van der Waals surface area contributed by atoms with Crippen molar-refractivity contribution in [2.45, 2.75) is 0 Å². The van der Waals surface area contributed by atoms with Gasteiger partial charge >= 0.3 is 0 Å². The van der Waals surface area contributed by atoms with Gasteiger partial charge in [-0.05, 0) is 54.6 Å². The first-order valence-corrected chi connectivity index (χ1v) is 9.40. The van der Waals surface area contributed by atoms with Crippen molar-refractivity contribution >= 4 is 23.1 Å². The maximum atomic E-state index is 12.5. The molecule has 0 radical (unpaired) electrons. The number of rotatable bonds is 6. The van der Waals surface area contributed by atoms with E-state index in [0.717, 1.165) is 16.8 Å². The summed E-state index contributed by atoms with van der Waals surface area (Å²) < 4.78 is 5.18. The van der Waals surface area contributed by atoms with Crippen LogP contribution in [0.1, 0.15) is 10.4 Å². The van der Waals surface area contributed by atoms with Crippen LogP contribution in [0.3, 0.4) is 0 Å². The van der Waals surface area contributed by atoms with E-state index in [1.165, 1.54) is 0 Å². The summed E-state index contributed by atoms with van der Waals surface area (Å²) in [5.74, 6) is 1.14. The predicted molar refractivity (Wildman–Crippen MR) is 118 cm³/mol. The molecule has 1 amide bonds. The summed E-state index contributed by atoms with van der Waals surface area (Å²) in [6.07, 6.45) is 5.35. The van der Waals surface area contributed by atoms with Crippen LogP contribution >= 0.6 is 0 Å². The number of benzene rings is 2. The first-order valence-electron chi connectivity index (χ1n) is 9.40. The molecule has 2 heterocycles. The van der Waals surface area contributed by atoms with E-state index in [4.69, 9.17) is 4.74 Å². The second kappa shape index (κ2) is 8.87. The molecular formula is C24H20N4O2. The minimum absolute atomic E-state index is 0.204. The van der Waals surface area contributed by atoms with Gasteiger partial charge in [-0.15, -0.1) is 0 Å². The fourth-order valence-electron chi connectivity index (χ4n) is 2.96. The summed E-state index contributed by atoms with van der Waals surface area (Å²) >= 11 is 0. The molecule has 4 aromatic rings. The first-order chi connectivity index (χ1) is 14.7. The van der Waals surface area contributed by atoms with E-state index in [1.807, 2.05) is 48.5 Å². The molecule has 0 bridgehead atoms. The molecule has 0 aliphatic carbocycles. The van der Waals surface area contributed by atoms with Crippen molar-refractivity contribution in [2.24, 2.45) is 0 Å². The molecule has 4 rings (SSSR count). The minimum atomic E-state index is -0.204. The lowest BCUT2D eigenvalue weighted by Crippen LogP contribution is -2.12. The summed E-state index contributed by atoms with van der Waals surface area (Å²) in [7, 11) is 1.57. The van der Waals surface area contributed by atoms with Crippen LogP contribution in [0.4, 0.5) is 17.2 Å². The van der Waals surface area contributed by atoms with E-state index in [2.05, 4.69) is 20.6 Å². The monoisotopic (exact) mass is 396 g/mol. The van der Waals surface area contributed by atoms with E-state index in [9.17, 15) is 4.79 Å². The number of amides is 1. The Morgan fingerprint density at radius 2 is 1.70 bits per heavy atom. The number of ether oxygens (including phenoxy) is 1. The number of hydrogen-bond donors (Lipinski definition) is 2. The first kappa shape index (κ1) is 19.1. The number of pyridine rings is 2. The van der Waals surface area contributed by atoms with Crippen molar-refractivity contribution in [2.75, 3.05) is 17.7 Å². The Hall–Kier alpha value is -4.19. The number of nitrogens with one attached hydrogen (secondary N) is 2. The zero-order valence-corrected chi connectivity index (χ0v) is 16.4. The van der Waals surface area contributed by atoms with E-state index < -0.39 is 0 Å². The molecule has 2 aromatic heterocycles. The number of aromatic nitrogens is 2. The van der Waals surface area contributed by atoms with Crippen LogP contribution in [0, 0.1) is 0 Å². The highest BCUT2D eigenvalue weighted by molar-refractivity contribution is 6.04. The number of methoxy groups -OCH3 is 1. The number of hydrogen-bond acceptors (Lipinski definition) is 5. The van der Waals surface area contributed by atoms with Gasteiger partial charge in [0.05, 0.1) is 7.11 Å². The van der Waals surface area contributed by atoms with Gasteiger partial charge in [0.15, 0.2) is 0 Å². The molecular weight excluding hydrogens is 376 g/mol. The maximum Gasteiger partial charge on any atom is 0.255 e. The van der Waals surface area contributed by atoms with Gasteiger partial charge in [0.25, 0.3) is 5.91 Å². The van der Waals surface area contributed by atoms with Crippen molar-refractivity contribution in [3.05, 3.63) is 97.0 Å². The molecule has 0 aliphatic rings. The van der Waals surface area contributed by atoms with Crippen LogP contribution in [0.2, 0.25) is 0 Å². The van der Waals surface area contributed by atoms with Gasteiger partial charge in [0, 0.05) is 46.7 Å². The van der Waals surface area contributed by atoms with Crippen LogP contribution in [0.5, 0.6) is 5.75 Å². The smallest absolute Gasteiger partial charge is 0.255 e. The van der Waals surface area contributed by atoms with Crippen molar-refractivity contribution in [3.8, 4) is 16.9 Å². The SMILES string of the molecule is COc1cccc(C(=O)Nc2cccc(Nc3ccc(-c4cccnc4)cn3)c2)c1. The molecule has 0 aliphatic heterocycles. The minimum Gasteiger partial charge on any atom is -0.497 e. The van der Waals surface area contributed by atoms with Crippen LogP contribution < -0.4 is 15.4 Å². The lowest BCUT2D eigenvalue weighted by atomic mass is 10.1. The zero-order valence-electron chi connectivity index (χ0n) is 16.4. The average molecular weight is 396 g/mol. The highest BCUT2D eigenvalue weighted by atomic mass is 16.5. The molecule has 2 N–H and O–H groups in total. The number of anilines is 3. The lowest BCUT2D eigenvalue weighted by molar-refractivity contribution is 0.102. The third-order valence-electron chi connectivity index (χ3n) is 4.48. The van der Waals surface area contributed by atoms with Crippen LogP contribution in [0.25, 0.3) is 11.1 Å². The predicted octanol–water partition coefficient (Wildman–Crippen LogP) is 5.15. The van der Waals surface area contributed by atoms with Gasteiger partial charge in [0.2, 0.25) is 0 Å². The topological polar surface area (TPSA) is 76.1 Å². The Morgan fingerprint density at radius 3 is 2.47 bits per heavy atom. The highest BCUT2D eigenvalue weighted by Crippen LogP contribution is 2.23. The second-order valence-electron chi connectivity index (χ2n) is 6.57. The van der Waals surface area contributed by atoms with Crippen LogP contribution in [-0.4, -0.2) is 23.0 Å². The Balaban J connectivity index is 1.45. The number of carbonyl (C=O) groups excluding carboxylic acids is 1. The highest BCUT2D eigenvalue weighted by Gasteiger charge is 2.08. The molecule has 6 heteroatoms. The normalized spacial score (nSPS) is 10.3. The molecule has 30 heavy (non-hydrogen) atoms. The van der Waals surface area contributed by atoms with E-state index in [1.54, 1.807) is 50.0 Å². The molecule has 0 unspecified atom stereocenters. The number of nitrogens with zero attached hydrogens (tertiary/aromatic N) is 2. The summed E-state index contributed by atoms with van der Waals surface area (Å²) in [6.45, 7) is 0. The van der Waals surface area contributed by atoms with E-state index in [0.29, 0.717) is 22.8 Å². The van der Waals surface area contributed by atoms with Gasteiger partial charge in [-0.25, -0.2) is 4.98 Å². The van der Waals surface area contributed by atoms with Crippen LogP contribution in [-0.2, 0) is 0 Å². The molecule has 0 atom stereocenters. The van der Waals surface area contributed by atoms with Gasteiger partial charge in [0.1, 0.15) is 11.6 Å². The maximum absolute atomic E-state index is 12.5. The molecule has 6 nitrogen and oxygen atoms in total. The van der Waals surface area contributed by atoms with Crippen molar-refractivity contribution in [1.29, 1.82) is 0 Å². The molecule has 148 valence electrons. The third-order valence-corrected chi connectivity index (χ3v) is 4.48. The molecule has 0 fully saturated rings.